The second-order valence-electron chi connectivity index (χ2n) is 6.97. The van der Waals surface area contributed by atoms with Gasteiger partial charge in [-0.25, -0.2) is 9.78 Å². The van der Waals surface area contributed by atoms with Gasteiger partial charge in [0, 0.05) is 26.1 Å². The van der Waals surface area contributed by atoms with Gasteiger partial charge < -0.3 is 14.4 Å². The zero-order valence-corrected chi connectivity index (χ0v) is 18.5. The lowest BCUT2D eigenvalue weighted by Gasteiger charge is -2.21. The predicted octanol–water partition coefficient (Wildman–Crippen LogP) is 3.03. The van der Waals surface area contributed by atoms with Crippen LogP contribution in [-0.4, -0.2) is 60.4 Å². The monoisotopic (exact) mass is 409 g/mol. The van der Waals surface area contributed by atoms with Gasteiger partial charge in [-0.15, -0.1) is 11.3 Å². The minimum absolute atomic E-state index is 0.0782. The highest BCUT2D eigenvalue weighted by molar-refractivity contribution is 7.20. The van der Waals surface area contributed by atoms with Gasteiger partial charge in [-0.3, -0.25) is 9.36 Å². The number of aromatic nitrogens is 2. The van der Waals surface area contributed by atoms with Crippen molar-refractivity contribution < 1.29 is 14.3 Å². The first kappa shape index (κ1) is 22.5. The smallest absolute Gasteiger partial charge is 0.348 e. The van der Waals surface area contributed by atoms with Gasteiger partial charge in [0.1, 0.15) is 22.1 Å². The van der Waals surface area contributed by atoms with E-state index in [1.165, 1.54) is 11.3 Å². The first-order chi connectivity index (χ1) is 13.3. The van der Waals surface area contributed by atoms with Crippen molar-refractivity contribution in [3.8, 4) is 0 Å². The molecule has 2 aromatic rings. The number of hydrogen-bond donors (Lipinski definition) is 0. The number of rotatable bonds is 10. The Kier molecular flexibility index (Phi) is 8.15. The molecule has 0 amide bonds. The van der Waals surface area contributed by atoms with Crippen molar-refractivity contribution in [1.82, 2.24) is 14.5 Å². The second kappa shape index (κ2) is 10.1. The number of carbonyl (C=O) groups excluding carboxylic acids is 1. The summed E-state index contributed by atoms with van der Waals surface area (Å²) < 4.78 is 11.9. The van der Waals surface area contributed by atoms with Crippen LogP contribution in [0.25, 0.3) is 10.2 Å². The molecule has 0 aliphatic carbocycles. The molecule has 0 unspecified atom stereocenters. The zero-order chi connectivity index (χ0) is 20.8. The van der Waals surface area contributed by atoms with E-state index in [-0.39, 0.29) is 18.1 Å². The van der Waals surface area contributed by atoms with E-state index < -0.39 is 5.97 Å². The molecule has 0 saturated carbocycles. The maximum absolute atomic E-state index is 13.3. The molecule has 0 atom stereocenters. The van der Waals surface area contributed by atoms with Crippen molar-refractivity contribution >= 4 is 27.5 Å². The number of hydrogen-bond acceptors (Lipinski definition) is 7. The van der Waals surface area contributed by atoms with E-state index in [1.807, 2.05) is 13.8 Å². The molecule has 28 heavy (non-hydrogen) atoms. The number of thiophene rings is 1. The Balaban J connectivity index is 2.48. The molecule has 156 valence electrons. The number of aryl methyl sites for hydroxylation is 1. The van der Waals surface area contributed by atoms with E-state index in [1.54, 1.807) is 18.6 Å². The van der Waals surface area contributed by atoms with Gasteiger partial charge in [0.05, 0.1) is 12.0 Å². The normalized spacial score (nSPS) is 11.7. The summed E-state index contributed by atoms with van der Waals surface area (Å²) in [5, 5.41) is 0.521. The van der Waals surface area contributed by atoms with E-state index in [0.717, 1.165) is 25.5 Å². The fourth-order valence-corrected chi connectivity index (χ4v) is 4.22. The maximum Gasteiger partial charge on any atom is 0.348 e. The zero-order valence-electron chi connectivity index (χ0n) is 17.7. The molecule has 2 rings (SSSR count). The van der Waals surface area contributed by atoms with Gasteiger partial charge >= 0.3 is 5.97 Å². The number of methoxy groups -OCH3 is 1. The van der Waals surface area contributed by atoms with Crippen molar-refractivity contribution in [2.45, 2.75) is 47.1 Å². The molecule has 2 heterocycles. The van der Waals surface area contributed by atoms with Crippen LogP contribution in [0.2, 0.25) is 0 Å². The number of fused-ring (bicyclic) bond motifs is 1. The lowest BCUT2D eigenvalue weighted by atomic mass is 10.1. The van der Waals surface area contributed by atoms with Crippen molar-refractivity contribution in [3.63, 3.8) is 0 Å². The van der Waals surface area contributed by atoms with Crippen LogP contribution in [0.1, 0.15) is 54.7 Å². The molecule has 7 nitrogen and oxygen atoms in total. The molecule has 0 fully saturated rings. The highest BCUT2D eigenvalue weighted by Crippen LogP contribution is 2.29. The number of likely N-dealkylation sites (N-methyl/N-ethyl adjacent to an activating group) is 1. The Bertz CT molecular complexity index is 868. The third-order valence-corrected chi connectivity index (χ3v) is 6.00. The Morgan fingerprint density at radius 3 is 2.50 bits per heavy atom. The largest absolute Gasteiger partial charge is 0.459 e. The fraction of sp³-hybridized carbons (Fsp3) is 0.650. The third kappa shape index (κ3) is 4.79. The fourth-order valence-electron chi connectivity index (χ4n) is 3.15. The van der Waals surface area contributed by atoms with E-state index in [9.17, 15) is 9.59 Å². The molecule has 0 saturated heterocycles. The first-order valence-corrected chi connectivity index (χ1v) is 10.6. The topological polar surface area (TPSA) is 73.7 Å². The molecule has 0 bridgehead atoms. The number of ether oxygens (including phenoxy) is 2. The van der Waals surface area contributed by atoms with Crippen LogP contribution in [0.5, 0.6) is 0 Å². The molecule has 0 aliphatic rings. The SMILES string of the molecule is CCN(CC)CCn1c(C(C)C)nc2sc(C(=O)OCCOC)c(C)c2c1=O. The first-order valence-electron chi connectivity index (χ1n) is 9.77. The summed E-state index contributed by atoms with van der Waals surface area (Å²) in [6.07, 6.45) is 0. The van der Waals surface area contributed by atoms with Crippen molar-refractivity contribution in [1.29, 1.82) is 0 Å². The summed E-state index contributed by atoms with van der Waals surface area (Å²) >= 11 is 1.23. The summed E-state index contributed by atoms with van der Waals surface area (Å²) in [5.74, 6) is 0.427. The summed E-state index contributed by atoms with van der Waals surface area (Å²) in [6.45, 7) is 13.8. The molecule has 0 N–H and O–H groups in total. The van der Waals surface area contributed by atoms with Crippen LogP contribution >= 0.6 is 11.3 Å². The Morgan fingerprint density at radius 1 is 1.25 bits per heavy atom. The summed E-state index contributed by atoms with van der Waals surface area (Å²) in [4.78, 5) is 33.8. The van der Waals surface area contributed by atoms with Gasteiger partial charge in [-0.05, 0) is 25.6 Å². The van der Waals surface area contributed by atoms with Gasteiger partial charge in [0.2, 0.25) is 0 Å². The molecule has 0 aliphatic heterocycles. The number of carbonyl (C=O) groups is 1. The Hall–Kier alpha value is -1.77. The molecule has 2 aromatic heterocycles. The van der Waals surface area contributed by atoms with E-state index in [2.05, 4.69) is 18.7 Å². The molecular weight excluding hydrogens is 378 g/mol. The van der Waals surface area contributed by atoms with Crippen molar-refractivity contribution in [3.05, 3.63) is 26.6 Å². The average Bonchev–Trinajstić information content (AvgIpc) is 3.00. The standard InChI is InChI=1S/C20H31N3O4S/c1-7-22(8-2)9-10-23-17(13(3)4)21-18-15(19(23)24)14(5)16(28-18)20(25)27-12-11-26-6/h13H,7-12H2,1-6H3. The van der Waals surface area contributed by atoms with Crippen LogP contribution in [0.15, 0.2) is 4.79 Å². The van der Waals surface area contributed by atoms with Gasteiger partial charge in [-0.1, -0.05) is 27.7 Å². The van der Waals surface area contributed by atoms with Crippen LogP contribution in [0, 0.1) is 6.92 Å². The lowest BCUT2D eigenvalue weighted by Crippen LogP contribution is -2.33. The highest BCUT2D eigenvalue weighted by atomic mass is 32.1. The molecular formula is C20H31N3O4S. The Labute approximate surface area is 170 Å². The predicted molar refractivity (Wildman–Crippen MR) is 113 cm³/mol. The molecule has 0 spiro atoms. The number of esters is 1. The highest BCUT2D eigenvalue weighted by Gasteiger charge is 2.23. The minimum Gasteiger partial charge on any atom is -0.459 e. The van der Waals surface area contributed by atoms with Crippen LogP contribution in [-0.2, 0) is 16.0 Å². The van der Waals surface area contributed by atoms with Crippen LogP contribution in [0.3, 0.4) is 0 Å². The average molecular weight is 410 g/mol. The molecule has 0 aromatic carbocycles. The van der Waals surface area contributed by atoms with Gasteiger partial charge in [0.25, 0.3) is 5.56 Å². The van der Waals surface area contributed by atoms with Crippen LogP contribution in [0.4, 0.5) is 0 Å². The second-order valence-corrected chi connectivity index (χ2v) is 7.97. The van der Waals surface area contributed by atoms with Crippen molar-refractivity contribution in [2.24, 2.45) is 0 Å². The summed E-state index contributed by atoms with van der Waals surface area (Å²) in [5.41, 5.74) is 0.567. The van der Waals surface area contributed by atoms with Gasteiger partial charge in [-0.2, -0.15) is 0 Å². The lowest BCUT2D eigenvalue weighted by molar-refractivity contribution is 0.0393. The minimum atomic E-state index is -0.433. The van der Waals surface area contributed by atoms with E-state index in [4.69, 9.17) is 14.5 Å². The Morgan fingerprint density at radius 2 is 1.93 bits per heavy atom. The van der Waals surface area contributed by atoms with E-state index in [0.29, 0.717) is 33.8 Å². The summed E-state index contributed by atoms with van der Waals surface area (Å²) in [6, 6.07) is 0. The third-order valence-electron chi connectivity index (χ3n) is 4.84. The quantitative estimate of drug-likeness (QED) is 0.444. The molecule has 8 heteroatoms. The van der Waals surface area contributed by atoms with Crippen molar-refractivity contribution in [2.75, 3.05) is 40.0 Å². The van der Waals surface area contributed by atoms with Crippen LogP contribution < -0.4 is 5.56 Å². The van der Waals surface area contributed by atoms with Gasteiger partial charge in [0.15, 0.2) is 0 Å². The summed E-state index contributed by atoms with van der Waals surface area (Å²) in [7, 11) is 1.55. The maximum atomic E-state index is 13.3. The number of nitrogens with zero attached hydrogens (tertiary/aromatic N) is 3. The van der Waals surface area contributed by atoms with E-state index >= 15 is 0 Å². The molecule has 0 radical (unpaired) electrons.